The summed E-state index contributed by atoms with van der Waals surface area (Å²) < 4.78 is 1.90. The lowest BCUT2D eigenvalue weighted by molar-refractivity contribution is 0.358. The Balaban J connectivity index is 1.87. The number of rotatable bonds is 2. The van der Waals surface area contributed by atoms with E-state index in [2.05, 4.69) is 41.4 Å². The van der Waals surface area contributed by atoms with E-state index in [0.29, 0.717) is 6.04 Å². The second-order valence-electron chi connectivity index (χ2n) is 5.56. The van der Waals surface area contributed by atoms with Crippen LogP contribution in [0.2, 0.25) is 0 Å². The molecule has 0 saturated heterocycles. The van der Waals surface area contributed by atoms with Crippen LogP contribution in [0.1, 0.15) is 38.2 Å². The fraction of sp³-hybridized carbons (Fsp3) is 0.571. The van der Waals surface area contributed by atoms with E-state index in [-0.39, 0.29) is 0 Å². The summed E-state index contributed by atoms with van der Waals surface area (Å²) in [6, 6.07) is 4.78. The van der Waals surface area contributed by atoms with Gasteiger partial charge in [-0.05, 0) is 43.4 Å². The maximum atomic E-state index is 4.29. The van der Waals surface area contributed by atoms with Gasteiger partial charge in [-0.2, -0.15) is 9.61 Å². The molecule has 2 aromatic rings. The van der Waals surface area contributed by atoms with Crippen molar-refractivity contribution in [3.8, 4) is 0 Å². The molecule has 2 heterocycles. The second-order valence-corrected chi connectivity index (χ2v) is 5.56. The van der Waals surface area contributed by atoms with Gasteiger partial charge in [0.1, 0.15) is 12.1 Å². The quantitative estimate of drug-likeness (QED) is 0.883. The van der Waals surface area contributed by atoms with Crippen molar-refractivity contribution < 1.29 is 0 Å². The Morgan fingerprint density at radius 1 is 1.33 bits per heavy atom. The van der Waals surface area contributed by atoms with E-state index in [1.807, 2.05) is 4.52 Å². The average Bonchev–Trinajstić information content (AvgIpc) is 2.77. The molecule has 1 aliphatic rings. The molecule has 1 saturated carbocycles. The lowest BCUT2D eigenvalue weighted by atomic mass is 9.87. The first-order valence-electron chi connectivity index (χ1n) is 6.79. The molecule has 2 atom stereocenters. The highest BCUT2D eigenvalue weighted by Crippen LogP contribution is 2.26. The third-order valence-corrected chi connectivity index (χ3v) is 3.81. The highest BCUT2D eigenvalue weighted by atomic mass is 15.3. The zero-order valence-electron chi connectivity index (χ0n) is 11.1. The summed E-state index contributed by atoms with van der Waals surface area (Å²) >= 11 is 0. The van der Waals surface area contributed by atoms with Gasteiger partial charge < -0.3 is 5.32 Å². The Labute approximate surface area is 107 Å². The molecule has 3 rings (SSSR count). The predicted octanol–water partition coefficient (Wildman–Crippen LogP) is 3.03. The molecule has 0 aliphatic heterocycles. The van der Waals surface area contributed by atoms with Crippen molar-refractivity contribution in [3.05, 3.63) is 24.0 Å². The van der Waals surface area contributed by atoms with Gasteiger partial charge in [0.2, 0.25) is 0 Å². The molecule has 0 radical (unpaired) electrons. The molecule has 2 unspecified atom stereocenters. The topological polar surface area (TPSA) is 42.2 Å². The van der Waals surface area contributed by atoms with E-state index in [0.717, 1.165) is 17.4 Å². The largest absolute Gasteiger partial charge is 0.367 e. The number of aryl methyl sites for hydroxylation is 1. The number of nitrogens with one attached hydrogen (secondary N) is 1. The normalized spacial score (nSPS) is 24.3. The van der Waals surface area contributed by atoms with Crippen LogP contribution in [0.3, 0.4) is 0 Å². The number of anilines is 1. The molecule has 1 fully saturated rings. The lowest BCUT2D eigenvalue weighted by Gasteiger charge is -2.28. The van der Waals surface area contributed by atoms with Gasteiger partial charge in [0.05, 0.1) is 0 Å². The summed E-state index contributed by atoms with van der Waals surface area (Å²) in [7, 11) is 0. The minimum atomic E-state index is 0.572. The van der Waals surface area contributed by atoms with Gasteiger partial charge in [0.15, 0.2) is 5.65 Å². The fourth-order valence-electron chi connectivity index (χ4n) is 2.93. The van der Waals surface area contributed by atoms with Gasteiger partial charge >= 0.3 is 0 Å². The van der Waals surface area contributed by atoms with Crippen molar-refractivity contribution in [1.29, 1.82) is 0 Å². The van der Waals surface area contributed by atoms with E-state index in [1.165, 1.54) is 31.2 Å². The van der Waals surface area contributed by atoms with Crippen LogP contribution >= 0.6 is 0 Å². The summed E-state index contributed by atoms with van der Waals surface area (Å²) in [5.74, 6) is 1.90. The maximum Gasteiger partial charge on any atom is 0.157 e. The monoisotopic (exact) mass is 244 g/mol. The van der Waals surface area contributed by atoms with Crippen LogP contribution in [0.4, 0.5) is 5.82 Å². The Bertz CT molecular complexity index is 546. The van der Waals surface area contributed by atoms with Crippen LogP contribution in [0.5, 0.6) is 0 Å². The van der Waals surface area contributed by atoms with Crippen LogP contribution in [0.15, 0.2) is 18.5 Å². The smallest absolute Gasteiger partial charge is 0.157 e. The van der Waals surface area contributed by atoms with Crippen molar-refractivity contribution in [2.45, 2.75) is 45.6 Å². The molecule has 96 valence electrons. The Morgan fingerprint density at radius 2 is 2.22 bits per heavy atom. The van der Waals surface area contributed by atoms with Crippen molar-refractivity contribution in [3.63, 3.8) is 0 Å². The molecule has 1 N–H and O–H groups in total. The molecule has 0 spiro atoms. The summed E-state index contributed by atoms with van der Waals surface area (Å²) in [5, 5.41) is 7.93. The average molecular weight is 244 g/mol. The van der Waals surface area contributed by atoms with Gasteiger partial charge in [0.25, 0.3) is 0 Å². The zero-order chi connectivity index (χ0) is 12.5. The minimum Gasteiger partial charge on any atom is -0.367 e. The van der Waals surface area contributed by atoms with Crippen LogP contribution in [-0.2, 0) is 0 Å². The Kier molecular flexibility index (Phi) is 2.94. The van der Waals surface area contributed by atoms with Crippen LogP contribution in [-0.4, -0.2) is 20.6 Å². The summed E-state index contributed by atoms with van der Waals surface area (Å²) in [6.45, 7) is 4.44. The number of fused-ring (bicyclic) bond motifs is 1. The molecule has 0 bridgehead atoms. The Morgan fingerprint density at radius 3 is 3.06 bits per heavy atom. The molecule has 2 aromatic heterocycles. The van der Waals surface area contributed by atoms with Crippen molar-refractivity contribution >= 4 is 11.5 Å². The molecular weight excluding hydrogens is 224 g/mol. The summed E-state index contributed by atoms with van der Waals surface area (Å²) in [6.07, 6.45) is 6.82. The molecule has 4 nitrogen and oxygen atoms in total. The molecule has 0 amide bonds. The minimum absolute atomic E-state index is 0.572. The van der Waals surface area contributed by atoms with Crippen molar-refractivity contribution in [1.82, 2.24) is 14.6 Å². The summed E-state index contributed by atoms with van der Waals surface area (Å²) in [5.41, 5.74) is 2.14. The molecule has 18 heavy (non-hydrogen) atoms. The standard InChI is InChI=1S/C14H20N4/c1-10-4-3-5-12(6-10)17-14-8-11(2)7-13-15-9-16-18(13)14/h7-10,12,17H,3-6H2,1-2H3. The van der Waals surface area contributed by atoms with Crippen LogP contribution < -0.4 is 5.32 Å². The predicted molar refractivity (Wildman–Crippen MR) is 72.8 cm³/mol. The lowest BCUT2D eigenvalue weighted by Crippen LogP contribution is -2.27. The Hall–Kier alpha value is -1.58. The SMILES string of the molecule is Cc1cc(NC2CCCC(C)C2)n2ncnc2c1. The first kappa shape index (κ1) is 11.5. The first-order valence-corrected chi connectivity index (χ1v) is 6.79. The highest BCUT2D eigenvalue weighted by molar-refractivity contribution is 5.51. The molecule has 0 aromatic carbocycles. The number of hydrogen-bond acceptors (Lipinski definition) is 3. The molecular formula is C14H20N4. The van der Waals surface area contributed by atoms with Gasteiger partial charge in [-0.25, -0.2) is 4.98 Å². The van der Waals surface area contributed by atoms with Crippen LogP contribution in [0.25, 0.3) is 5.65 Å². The number of pyridine rings is 1. The van der Waals surface area contributed by atoms with Crippen LogP contribution in [0, 0.1) is 12.8 Å². The molecule has 1 aliphatic carbocycles. The first-order chi connectivity index (χ1) is 8.72. The van der Waals surface area contributed by atoms with E-state index in [1.54, 1.807) is 6.33 Å². The van der Waals surface area contributed by atoms with Gasteiger partial charge in [-0.1, -0.05) is 19.8 Å². The number of aromatic nitrogens is 3. The van der Waals surface area contributed by atoms with Crippen molar-refractivity contribution in [2.24, 2.45) is 5.92 Å². The van der Waals surface area contributed by atoms with Gasteiger partial charge in [-0.15, -0.1) is 0 Å². The third kappa shape index (κ3) is 2.19. The third-order valence-electron chi connectivity index (χ3n) is 3.81. The number of nitrogens with zero attached hydrogens (tertiary/aromatic N) is 3. The zero-order valence-corrected chi connectivity index (χ0v) is 11.1. The highest BCUT2D eigenvalue weighted by Gasteiger charge is 2.19. The summed E-state index contributed by atoms with van der Waals surface area (Å²) in [4.78, 5) is 4.26. The second kappa shape index (κ2) is 4.59. The van der Waals surface area contributed by atoms with Gasteiger partial charge in [-0.3, -0.25) is 0 Å². The van der Waals surface area contributed by atoms with E-state index < -0.39 is 0 Å². The van der Waals surface area contributed by atoms with Crippen molar-refractivity contribution in [2.75, 3.05) is 5.32 Å². The fourth-order valence-corrected chi connectivity index (χ4v) is 2.93. The maximum absolute atomic E-state index is 4.29. The van der Waals surface area contributed by atoms with E-state index in [9.17, 15) is 0 Å². The van der Waals surface area contributed by atoms with Gasteiger partial charge in [0, 0.05) is 6.04 Å². The van der Waals surface area contributed by atoms with E-state index in [4.69, 9.17) is 0 Å². The van der Waals surface area contributed by atoms with E-state index >= 15 is 0 Å². The number of hydrogen-bond donors (Lipinski definition) is 1. The molecule has 4 heteroatoms.